The molecule has 0 atom stereocenters. The minimum Gasteiger partial charge on any atom is -0.545 e. The molecule has 0 aliphatic rings. The van der Waals surface area contributed by atoms with E-state index >= 15 is 0 Å². The van der Waals surface area contributed by atoms with Gasteiger partial charge in [0.05, 0.1) is 23.9 Å². The summed E-state index contributed by atoms with van der Waals surface area (Å²) in [4.78, 5) is 40.4. The first-order valence-electron chi connectivity index (χ1n) is 10.3. The molecule has 0 bridgehead atoms. The molecule has 0 N–H and O–H groups in total. The molecule has 0 heterocycles. The normalized spacial score (nSPS) is 8.00. The van der Waals surface area contributed by atoms with E-state index in [2.05, 4.69) is 0 Å². The fraction of sp³-hybridized carbons (Fsp3) is 0. The summed E-state index contributed by atoms with van der Waals surface area (Å²) in [6.07, 6.45) is 0. The standard InChI is InChI=1S/4C7H6O2.4K/c4*8-7(9)6-4-2-1-3-5-6;;;;/h4*1-5H,(H,8,9);;;;/q;;;;4*+1/p-4. The van der Waals surface area contributed by atoms with Crippen LogP contribution in [0.3, 0.4) is 0 Å². The number of carboxylic acids is 4. The Kier molecular flexibility index (Phi) is 36.6. The van der Waals surface area contributed by atoms with Crippen LogP contribution in [-0.4, -0.2) is 23.9 Å². The Bertz CT molecular complexity index is 1030. The summed E-state index contributed by atoms with van der Waals surface area (Å²) in [5, 5.41) is 40.4. The molecule has 0 saturated carbocycles. The van der Waals surface area contributed by atoms with Gasteiger partial charge >= 0.3 is 206 Å². The van der Waals surface area contributed by atoms with E-state index in [1.54, 1.807) is 72.8 Å². The van der Waals surface area contributed by atoms with Gasteiger partial charge in [-0.15, -0.1) is 0 Å². The van der Waals surface area contributed by atoms with Crippen molar-refractivity contribution in [2.75, 3.05) is 0 Å². The molecule has 0 aliphatic carbocycles. The molecule has 0 spiro atoms. The zero-order chi connectivity index (χ0) is 26.8. The van der Waals surface area contributed by atoms with Crippen LogP contribution >= 0.6 is 0 Å². The van der Waals surface area contributed by atoms with Gasteiger partial charge in [-0.25, -0.2) is 0 Å². The minimum atomic E-state index is -1.13. The van der Waals surface area contributed by atoms with Crippen LogP contribution < -0.4 is 226 Å². The summed E-state index contributed by atoms with van der Waals surface area (Å²) in [6.45, 7) is 0. The topological polar surface area (TPSA) is 161 Å². The molecule has 0 aromatic heterocycles. The Hall–Kier alpha value is 1.31. The molecule has 4 aromatic carbocycles. The van der Waals surface area contributed by atoms with Crippen molar-refractivity contribution in [1.82, 2.24) is 0 Å². The fourth-order valence-electron chi connectivity index (χ4n) is 2.30. The number of hydrogen-bond acceptors (Lipinski definition) is 8. The molecule has 0 amide bonds. The third-order valence-electron chi connectivity index (χ3n) is 4.04. The van der Waals surface area contributed by atoms with E-state index in [4.69, 9.17) is 0 Å². The molecule has 0 aliphatic heterocycles. The third kappa shape index (κ3) is 23.7. The van der Waals surface area contributed by atoms with E-state index in [1.807, 2.05) is 0 Å². The first-order chi connectivity index (χ1) is 17.2. The molecule has 12 heteroatoms. The number of aromatic carboxylic acids is 4. The predicted molar refractivity (Wildman–Crippen MR) is 123 cm³/mol. The van der Waals surface area contributed by atoms with Crippen molar-refractivity contribution >= 4 is 23.9 Å². The number of rotatable bonds is 4. The Morgan fingerprint density at radius 3 is 0.500 bits per heavy atom. The van der Waals surface area contributed by atoms with E-state index in [1.165, 1.54) is 48.5 Å². The monoisotopic (exact) mass is 640 g/mol. The summed E-state index contributed by atoms with van der Waals surface area (Å²) in [5.74, 6) is -4.52. The average molecular weight is 641 g/mol. The van der Waals surface area contributed by atoms with E-state index in [-0.39, 0.29) is 228 Å². The van der Waals surface area contributed by atoms with Crippen molar-refractivity contribution in [2.24, 2.45) is 0 Å². The number of benzene rings is 4. The number of carboxylic acid groups (broad SMARTS) is 4. The summed E-state index contributed by atoms with van der Waals surface area (Å²) in [5.41, 5.74) is 0.880. The molecule has 40 heavy (non-hydrogen) atoms. The fourth-order valence-corrected chi connectivity index (χ4v) is 2.30. The van der Waals surface area contributed by atoms with Crippen LogP contribution in [0.15, 0.2) is 121 Å². The molecule has 0 fully saturated rings. The van der Waals surface area contributed by atoms with Gasteiger partial charge in [-0.1, -0.05) is 121 Å². The molecular formula is C28H20K4O8. The zero-order valence-electron chi connectivity index (χ0n) is 22.8. The van der Waals surface area contributed by atoms with Crippen molar-refractivity contribution in [3.63, 3.8) is 0 Å². The second kappa shape index (κ2) is 30.3. The second-order valence-electron chi connectivity index (χ2n) is 6.61. The van der Waals surface area contributed by atoms with Gasteiger partial charge in [-0.2, -0.15) is 0 Å². The Morgan fingerprint density at radius 1 is 0.300 bits per heavy atom. The summed E-state index contributed by atoms with van der Waals surface area (Å²) in [6, 6.07) is 32.3. The van der Waals surface area contributed by atoms with Gasteiger partial charge in [0.2, 0.25) is 0 Å². The van der Waals surface area contributed by atoms with Gasteiger partial charge in [0.25, 0.3) is 0 Å². The van der Waals surface area contributed by atoms with Crippen LogP contribution in [-0.2, 0) is 0 Å². The minimum absolute atomic E-state index is 0. The van der Waals surface area contributed by atoms with Crippen LogP contribution in [0.25, 0.3) is 0 Å². The molecule has 8 nitrogen and oxygen atoms in total. The first-order valence-corrected chi connectivity index (χ1v) is 10.3. The van der Waals surface area contributed by atoms with E-state index in [9.17, 15) is 39.6 Å². The molecule has 184 valence electrons. The Balaban J connectivity index is -0.000000209. The predicted octanol–water partition coefficient (Wildman–Crippen LogP) is -11.8. The Morgan fingerprint density at radius 2 is 0.425 bits per heavy atom. The van der Waals surface area contributed by atoms with E-state index in [0.29, 0.717) is 0 Å². The Labute approximate surface area is 403 Å². The van der Waals surface area contributed by atoms with Crippen LogP contribution in [0.5, 0.6) is 0 Å². The van der Waals surface area contributed by atoms with Gasteiger partial charge in [-0.3, -0.25) is 0 Å². The van der Waals surface area contributed by atoms with Gasteiger partial charge < -0.3 is 39.6 Å². The van der Waals surface area contributed by atoms with Gasteiger partial charge in [0.15, 0.2) is 0 Å². The van der Waals surface area contributed by atoms with Gasteiger partial charge in [-0.05, 0) is 22.3 Å². The van der Waals surface area contributed by atoms with Crippen LogP contribution in [0.4, 0.5) is 0 Å². The van der Waals surface area contributed by atoms with Crippen molar-refractivity contribution in [1.29, 1.82) is 0 Å². The number of hydrogen-bond donors (Lipinski definition) is 0. The zero-order valence-corrected chi connectivity index (χ0v) is 35.3. The van der Waals surface area contributed by atoms with Crippen LogP contribution in [0.1, 0.15) is 41.4 Å². The maximum Gasteiger partial charge on any atom is 1.00 e. The number of carbonyl (C=O) groups is 4. The first kappa shape index (κ1) is 48.2. The quantitative estimate of drug-likeness (QED) is 0.199. The van der Waals surface area contributed by atoms with Crippen LogP contribution in [0.2, 0.25) is 0 Å². The summed E-state index contributed by atoms with van der Waals surface area (Å²) >= 11 is 0. The summed E-state index contributed by atoms with van der Waals surface area (Å²) in [7, 11) is 0. The maximum atomic E-state index is 10.1. The largest absolute Gasteiger partial charge is 1.00 e. The van der Waals surface area contributed by atoms with Crippen molar-refractivity contribution < 1.29 is 245 Å². The van der Waals surface area contributed by atoms with Gasteiger partial charge in [0, 0.05) is 0 Å². The molecule has 4 rings (SSSR count). The van der Waals surface area contributed by atoms with Crippen molar-refractivity contribution in [3.8, 4) is 0 Å². The smallest absolute Gasteiger partial charge is 0.545 e. The van der Waals surface area contributed by atoms with Gasteiger partial charge in [0.1, 0.15) is 0 Å². The third-order valence-corrected chi connectivity index (χ3v) is 4.04. The van der Waals surface area contributed by atoms with Crippen molar-refractivity contribution in [2.45, 2.75) is 0 Å². The van der Waals surface area contributed by atoms with Crippen LogP contribution in [0, 0.1) is 0 Å². The molecular weight excluding hydrogens is 621 g/mol. The summed E-state index contributed by atoms with van der Waals surface area (Å²) < 4.78 is 0. The second-order valence-corrected chi connectivity index (χ2v) is 6.61. The van der Waals surface area contributed by atoms with E-state index < -0.39 is 23.9 Å². The number of carbonyl (C=O) groups excluding carboxylic acids is 4. The SMILES string of the molecule is O=C([O-])c1ccccc1.O=C([O-])c1ccccc1.O=C([O-])c1ccccc1.O=C([O-])c1ccccc1.[K+].[K+].[K+].[K+]. The van der Waals surface area contributed by atoms with Crippen molar-refractivity contribution in [3.05, 3.63) is 144 Å². The molecule has 0 saturated heterocycles. The maximum absolute atomic E-state index is 10.1. The average Bonchev–Trinajstić information content (AvgIpc) is 2.92. The molecule has 0 unspecified atom stereocenters. The molecule has 4 aromatic rings. The molecule has 0 radical (unpaired) electrons. The van der Waals surface area contributed by atoms with E-state index in [0.717, 1.165) is 0 Å².